The van der Waals surface area contributed by atoms with Gasteiger partial charge in [-0.05, 0) is 66.4 Å². The molecule has 2 atom stereocenters. The predicted octanol–water partition coefficient (Wildman–Crippen LogP) is 6.00. The zero-order chi connectivity index (χ0) is 20.0. The van der Waals surface area contributed by atoms with Crippen molar-refractivity contribution >= 4 is 17.3 Å². The van der Waals surface area contributed by atoms with Crippen molar-refractivity contribution in [2.24, 2.45) is 0 Å². The van der Waals surface area contributed by atoms with Gasteiger partial charge in [0.05, 0.1) is 6.04 Å². The Morgan fingerprint density at radius 3 is 2.59 bits per heavy atom. The van der Waals surface area contributed by atoms with Crippen LogP contribution in [0.3, 0.4) is 0 Å². The number of rotatable bonds is 2. The van der Waals surface area contributed by atoms with E-state index < -0.39 is 0 Å². The van der Waals surface area contributed by atoms with Gasteiger partial charge in [0, 0.05) is 18.3 Å². The molecular weight excluding hydrogens is 356 g/mol. The first-order chi connectivity index (χ1) is 14.1. The molecule has 0 aromatic heterocycles. The van der Waals surface area contributed by atoms with Gasteiger partial charge in [-0.3, -0.25) is 4.90 Å². The lowest BCUT2D eigenvalue weighted by atomic mass is 9.92. The molecule has 3 nitrogen and oxygen atoms in total. The number of nitrogens with zero attached hydrogens (tertiary/aromatic N) is 2. The van der Waals surface area contributed by atoms with Crippen LogP contribution in [-0.4, -0.2) is 29.6 Å². The summed E-state index contributed by atoms with van der Waals surface area (Å²) in [5.41, 5.74) is 6.53. The second-order valence-corrected chi connectivity index (χ2v) is 9.05. The highest BCUT2D eigenvalue weighted by Crippen LogP contribution is 2.40. The molecule has 3 heteroatoms. The summed E-state index contributed by atoms with van der Waals surface area (Å²) < 4.78 is 0. The maximum Gasteiger partial charge on any atom is 0.325 e. The van der Waals surface area contributed by atoms with Gasteiger partial charge < -0.3 is 4.90 Å². The minimum Gasteiger partial charge on any atom is -0.315 e. The molecule has 0 saturated carbocycles. The lowest BCUT2D eigenvalue weighted by molar-refractivity contribution is 0.186. The second kappa shape index (κ2) is 7.37. The van der Waals surface area contributed by atoms with Gasteiger partial charge in [0.15, 0.2) is 0 Å². The Bertz CT molecular complexity index is 943. The Balaban J connectivity index is 1.39. The first-order valence-corrected chi connectivity index (χ1v) is 11.1. The van der Waals surface area contributed by atoms with Crippen molar-refractivity contribution in [1.29, 1.82) is 0 Å². The van der Waals surface area contributed by atoms with Crippen molar-refractivity contribution in [3.05, 3.63) is 71.3 Å². The van der Waals surface area contributed by atoms with E-state index in [9.17, 15) is 4.79 Å². The maximum atomic E-state index is 13.6. The van der Waals surface area contributed by atoms with E-state index in [4.69, 9.17) is 0 Å². The minimum atomic E-state index is 0.204. The molecule has 2 aromatic rings. The van der Waals surface area contributed by atoms with Crippen molar-refractivity contribution in [3.63, 3.8) is 0 Å². The molecule has 0 radical (unpaired) electrons. The number of benzene rings is 2. The van der Waals surface area contributed by atoms with Gasteiger partial charge in [-0.25, -0.2) is 4.79 Å². The zero-order valence-electron chi connectivity index (χ0n) is 17.5. The number of carbonyl (C=O) groups excluding carboxylic acids is 1. The van der Waals surface area contributed by atoms with Crippen LogP contribution in [0.2, 0.25) is 0 Å². The fourth-order valence-electron chi connectivity index (χ4n) is 5.30. The molecular formula is C26H30N2O. The average Bonchev–Trinajstić information content (AvgIpc) is 3.02. The number of amides is 2. The smallest absolute Gasteiger partial charge is 0.315 e. The van der Waals surface area contributed by atoms with Gasteiger partial charge in [0.25, 0.3) is 0 Å². The van der Waals surface area contributed by atoms with E-state index >= 15 is 0 Å². The molecule has 2 aromatic carbocycles. The van der Waals surface area contributed by atoms with Crippen molar-refractivity contribution < 1.29 is 4.79 Å². The van der Waals surface area contributed by atoms with Crippen LogP contribution in [0.5, 0.6) is 0 Å². The molecule has 3 aliphatic heterocycles. The monoisotopic (exact) mass is 386 g/mol. The van der Waals surface area contributed by atoms with E-state index in [-0.39, 0.29) is 12.1 Å². The van der Waals surface area contributed by atoms with Crippen molar-refractivity contribution in [1.82, 2.24) is 4.90 Å². The number of hydrogen-bond acceptors (Lipinski definition) is 1. The topological polar surface area (TPSA) is 23.6 Å². The van der Waals surface area contributed by atoms with Gasteiger partial charge in [-0.2, -0.15) is 0 Å². The third kappa shape index (κ3) is 3.27. The van der Waals surface area contributed by atoms with E-state index in [1.807, 2.05) is 11.0 Å². The molecule has 150 valence electrons. The van der Waals surface area contributed by atoms with E-state index in [2.05, 4.69) is 67.3 Å². The first-order valence-electron chi connectivity index (χ1n) is 11.1. The fourth-order valence-corrected chi connectivity index (χ4v) is 5.30. The van der Waals surface area contributed by atoms with Gasteiger partial charge in [-0.15, -0.1) is 0 Å². The maximum absolute atomic E-state index is 13.6. The average molecular weight is 387 g/mol. The fraction of sp³-hybridized carbons (Fsp3) is 0.423. The summed E-state index contributed by atoms with van der Waals surface area (Å²) in [6.07, 6.45) is 7.65. The Morgan fingerprint density at radius 1 is 1.03 bits per heavy atom. The standard InChI is InChI=1S/C26H30N2O/c1-18(2)19-9-11-20(12-10-19)22-16-23-13-14-24(17-22)28(23)26(29)27-15-5-7-21-6-3-4-8-25(21)27/h3-4,6,8-12,16,18,23-24H,5,7,13-15,17H2,1-2H3. The molecule has 2 amide bonds. The summed E-state index contributed by atoms with van der Waals surface area (Å²) in [7, 11) is 0. The van der Waals surface area contributed by atoms with Crippen LogP contribution in [-0.2, 0) is 6.42 Å². The summed E-state index contributed by atoms with van der Waals surface area (Å²) in [4.78, 5) is 17.8. The van der Waals surface area contributed by atoms with Crippen molar-refractivity contribution in [2.75, 3.05) is 11.4 Å². The summed E-state index contributed by atoms with van der Waals surface area (Å²) in [6.45, 7) is 5.30. The normalized spacial score (nSPS) is 23.2. The number of anilines is 1. The van der Waals surface area contributed by atoms with Crippen LogP contribution in [0.4, 0.5) is 10.5 Å². The molecule has 29 heavy (non-hydrogen) atoms. The number of aryl methyl sites for hydroxylation is 1. The Hall–Kier alpha value is -2.55. The molecule has 5 rings (SSSR count). The molecule has 0 aliphatic carbocycles. The Morgan fingerprint density at radius 2 is 1.83 bits per heavy atom. The van der Waals surface area contributed by atoms with Crippen molar-refractivity contribution in [2.45, 2.75) is 64.0 Å². The first kappa shape index (κ1) is 18.5. The highest BCUT2D eigenvalue weighted by Gasteiger charge is 2.42. The third-order valence-electron chi connectivity index (χ3n) is 6.91. The molecule has 1 fully saturated rings. The lowest BCUT2D eigenvalue weighted by Gasteiger charge is -2.39. The van der Waals surface area contributed by atoms with E-state index in [1.165, 1.54) is 22.3 Å². The minimum absolute atomic E-state index is 0.204. The van der Waals surface area contributed by atoms with E-state index in [0.717, 1.165) is 44.3 Å². The highest BCUT2D eigenvalue weighted by molar-refractivity contribution is 5.94. The molecule has 2 unspecified atom stereocenters. The quantitative estimate of drug-likeness (QED) is 0.621. The predicted molar refractivity (Wildman–Crippen MR) is 119 cm³/mol. The second-order valence-electron chi connectivity index (χ2n) is 9.05. The number of fused-ring (bicyclic) bond motifs is 3. The molecule has 0 spiro atoms. The van der Waals surface area contributed by atoms with Crippen LogP contribution >= 0.6 is 0 Å². The van der Waals surface area contributed by atoms with Gasteiger partial charge >= 0.3 is 6.03 Å². The van der Waals surface area contributed by atoms with Gasteiger partial charge in [-0.1, -0.05) is 62.4 Å². The summed E-state index contributed by atoms with van der Waals surface area (Å²) >= 11 is 0. The number of urea groups is 1. The Kier molecular flexibility index (Phi) is 4.69. The highest BCUT2D eigenvalue weighted by atomic mass is 16.2. The van der Waals surface area contributed by atoms with Crippen LogP contribution in [0.25, 0.3) is 5.57 Å². The largest absolute Gasteiger partial charge is 0.325 e. The SMILES string of the molecule is CC(C)c1ccc(C2=CC3CCC(C2)N3C(=O)N2CCCc3ccccc32)cc1. The zero-order valence-corrected chi connectivity index (χ0v) is 17.5. The molecule has 1 saturated heterocycles. The van der Waals surface area contributed by atoms with Crippen LogP contribution in [0, 0.1) is 0 Å². The van der Waals surface area contributed by atoms with Crippen LogP contribution < -0.4 is 4.90 Å². The summed E-state index contributed by atoms with van der Waals surface area (Å²) in [6, 6.07) is 18.2. The third-order valence-corrected chi connectivity index (χ3v) is 6.91. The number of hydrogen-bond donors (Lipinski definition) is 0. The van der Waals surface area contributed by atoms with E-state index in [1.54, 1.807) is 0 Å². The summed E-state index contributed by atoms with van der Waals surface area (Å²) in [5, 5.41) is 0. The Labute approximate surface area is 174 Å². The molecule has 3 aliphatic rings. The summed E-state index contributed by atoms with van der Waals surface area (Å²) in [5.74, 6) is 0.557. The van der Waals surface area contributed by atoms with E-state index in [0.29, 0.717) is 12.0 Å². The van der Waals surface area contributed by atoms with Gasteiger partial charge in [0.1, 0.15) is 0 Å². The van der Waals surface area contributed by atoms with Crippen molar-refractivity contribution in [3.8, 4) is 0 Å². The van der Waals surface area contributed by atoms with Crippen LogP contribution in [0.15, 0.2) is 54.6 Å². The van der Waals surface area contributed by atoms with Gasteiger partial charge in [0.2, 0.25) is 0 Å². The molecule has 3 heterocycles. The molecule has 0 N–H and O–H groups in total. The number of carbonyl (C=O) groups is 1. The number of para-hydroxylation sites is 1. The van der Waals surface area contributed by atoms with Crippen LogP contribution in [0.1, 0.15) is 62.1 Å². The lowest BCUT2D eigenvalue weighted by Crippen LogP contribution is -2.51. The molecule has 2 bridgehead atoms.